The minimum atomic E-state index is -0.148. The van der Waals surface area contributed by atoms with Crippen LogP contribution in [0.25, 0.3) is 0 Å². The molecule has 2 N–H and O–H groups in total. The maximum absolute atomic E-state index is 12.6. The van der Waals surface area contributed by atoms with E-state index in [-0.39, 0.29) is 11.8 Å². The van der Waals surface area contributed by atoms with Gasteiger partial charge in [-0.2, -0.15) is 0 Å². The summed E-state index contributed by atoms with van der Waals surface area (Å²) in [7, 11) is 0. The zero-order valence-electron chi connectivity index (χ0n) is 17.1. The molecule has 5 rings (SSSR count). The quantitative estimate of drug-likeness (QED) is 0.637. The average Bonchev–Trinajstić information content (AvgIpc) is 3.20. The van der Waals surface area contributed by atoms with Crippen molar-refractivity contribution in [1.29, 1.82) is 0 Å². The van der Waals surface area contributed by atoms with Crippen LogP contribution in [-0.2, 0) is 24.3 Å². The van der Waals surface area contributed by atoms with E-state index in [9.17, 15) is 9.59 Å². The molecule has 2 aliphatic heterocycles. The zero-order valence-corrected chi connectivity index (χ0v) is 17.9. The molecule has 2 heterocycles. The molecule has 2 amide bonds. The molecular formula is C25H23N3O2S. The second-order valence-electron chi connectivity index (χ2n) is 7.85. The van der Waals surface area contributed by atoms with Gasteiger partial charge in [-0.3, -0.25) is 9.59 Å². The van der Waals surface area contributed by atoms with Gasteiger partial charge in [0.1, 0.15) is 0 Å². The molecule has 0 saturated heterocycles. The third kappa shape index (κ3) is 4.30. The Morgan fingerprint density at radius 1 is 1.03 bits per heavy atom. The first-order valence-electron chi connectivity index (χ1n) is 10.4. The van der Waals surface area contributed by atoms with Gasteiger partial charge in [0.15, 0.2) is 0 Å². The fraction of sp³-hybridized carbons (Fsp3) is 0.200. The number of carbonyl (C=O) groups excluding carboxylic acids is 2. The van der Waals surface area contributed by atoms with Crippen LogP contribution in [0.5, 0.6) is 0 Å². The number of nitrogens with zero attached hydrogens (tertiary/aromatic N) is 1. The number of carbonyl (C=O) groups is 2. The fourth-order valence-corrected chi connectivity index (χ4v) is 4.85. The van der Waals surface area contributed by atoms with E-state index in [2.05, 4.69) is 64.1 Å². The molecule has 31 heavy (non-hydrogen) atoms. The Balaban J connectivity index is 1.18. The van der Waals surface area contributed by atoms with Gasteiger partial charge >= 0.3 is 0 Å². The molecule has 0 fully saturated rings. The maximum atomic E-state index is 12.6. The van der Waals surface area contributed by atoms with Crippen molar-refractivity contribution in [3.05, 3.63) is 89.0 Å². The lowest BCUT2D eigenvalue weighted by Crippen LogP contribution is -2.24. The molecular weight excluding hydrogens is 406 g/mol. The van der Waals surface area contributed by atoms with Crippen molar-refractivity contribution in [3.8, 4) is 0 Å². The van der Waals surface area contributed by atoms with Crippen molar-refractivity contribution < 1.29 is 9.59 Å². The minimum Gasteiger partial charge on any atom is -0.367 e. The first kappa shape index (κ1) is 19.7. The van der Waals surface area contributed by atoms with E-state index in [4.69, 9.17) is 0 Å². The molecule has 0 spiro atoms. The van der Waals surface area contributed by atoms with Crippen LogP contribution in [0.15, 0.2) is 71.6 Å². The van der Waals surface area contributed by atoms with Crippen LogP contribution in [0.4, 0.5) is 11.4 Å². The van der Waals surface area contributed by atoms with Gasteiger partial charge in [-0.1, -0.05) is 42.5 Å². The highest BCUT2D eigenvalue weighted by Crippen LogP contribution is 2.32. The van der Waals surface area contributed by atoms with Crippen LogP contribution in [-0.4, -0.2) is 24.1 Å². The fourth-order valence-electron chi connectivity index (χ4n) is 4.06. The van der Waals surface area contributed by atoms with Gasteiger partial charge in [0.05, 0.1) is 11.4 Å². The van der Waals surface area contributed by atoms with Crippen molar-refractivity contribution in [2.45, 2.75) is 24.4 Å². The number of amides is 2. The molecule has 6 heteroatoms. The highest BCUT2D eigenvalue weighted by atomic mass is 32.2. The van der Waals surface area contributed by atoms with Gasteiger partial charge in [0, 0.05) is 35.8 Å². The monoisotopic (exact) mass is 429 g/mol. The SMILES string of the molecule is O=C1CSc2ccc(C(=O)NCc3ccc(CN4CCc5ccccc54)cc3)cc2N1. The number of benzene rings is 3. The number of hydrogen-bond acceptors (Lipinski definition) is 4. The van der Waals surface area contributed by atoms with Crippen molar-refractivity contribution in [2.24, 2.45) is 0 Å². The first-order valence-corrected chi connectivity index (χ1v) is 11.4. The van der Waals surface area contributed by atoms with Gasteiger partial charge in [-0.05, 0) is 47.4 Å². The van der Waals surface area contributed by atoms with E-state index in [1.165, 1.54) is 28.6 Å². The summed E-state index contributed by atoms with van der Waals surface area (Å²) < 4.78 is 0. The van der Waals surface area contributed by atoms with Crippen LogP contribution in [0, 0.1) is 0 Å². The summed E-state index contributed by atoms with van der Waals surface area (Å²) in [5.74, 6) is 0.233. The van der Waals surface area contributed by atoms with E-state index in [0.29, 0.717) is 23.5 Å². The molecule has 5 nitrogen and oxygen atoms in total. The number of rotatable bonds is 5. The number of para-hydroxylation sites is 1. The number of anilines is 2. The average molecular weight is 430 g/mol. The van der Waals surface area contributed by atoms with E-state index < -0.39 is 0 Å². The summed E-state index contributed by atoms with van der Waals surface area (Å²) in [6.07, 6.45) is 1.10. The van der Waals surface area contributed by atoms with Crippen LogP contribution in [0.1, 0.15) is 27.0 Å². The Bertz CT molecular complexity index is 1140. The van der Waals surface area contributed by atoms with Crippen molar-refractivity contribution >= 4 is 35.0 Å². The summed E-state index contributed by atoms with van der Waals surface area (Å²) >= 11 is 1.49. The lowest BCUT2D eigenvalue weighted by Gasteiger charge is -2.19. The molecule has 3 aromatic rings. The smallest absolute Gasteiger partial charge is 0.251 e. The van der Waals surface area contributed by atoms with E-state index in [1.54, 1.807) is 12.1 Å². The van der Waals surface area contributed by atoms with Crippen molar-refractivity contribution in [1.82, 2.24) is 5.32 Å². The molecule has 0 unspecified atom stereocenters. The van der Waals surface area contributed by atoms with Gasteiger partial charge in [0.25, 0.3) is 5.91 Å². The molecule has 0 aromatic heterocycles. The molecule has 2 aliphatic rings. The molecule has 3 aromatic carbocycles. The van der Waals surface area contributed by atoms with E-state index >= 15 is 0 Å². The maximum Gasteiger partial charge on any atom is 0.251 e. The number of fused-ring (bicyclic) bond motifs is 2. The minimum absolute atomic E-state index is 0.0347. The Kier molecular flexibility index (Phi) is 5.38. The number of hydrogen-bond donors (Lipinski definition) is 2. The Labute approximate surface area is 185 Å². The lowest BCUT2D eigenvalue weighted by atomic mass is 10.1. The van der Waals surface area contributed by atoms with Gasteiger partial charge in [-0.15, -0.1) is 11.8 Å². The summed E-state index contributed by atoms with van der Waals surface area (Å²) in [6, 6.07) is 22.4. The number of thioether (sulfide) groups is 1. The van der Waals surface area contributed by atoms with E-state index in [1.807, 2.05) is 6.07 Å². The normalized spacial score (nSPS) is 14.6. The number of nitrogens with one attached hydrogen (secondary N) is 2. The van der Waals surface area contributed by atoms with Gasteiger partial charge in [0.2, 0.25) is 5.91 Å². The summed E-state index contributed by atoms with van der Waals surface area (Å²) in [5, 5.41) is 5.80. The standard InChI is InChI=1S/C25H23N3O2S/c29-24-16-31-23-10-9-20(13-21(23)27-24)25(30)26-14-17-5-7-18(8-6-17)15-28-12-11-19-3-1-2-4-22(19)28/h1-10,13H,11-12,14-16H2,(H,26,30)(H,27,29). The van der Waals surface area contributed by atoms with Crippen LogP contribution < -0.4 is 15.5 Å². The molecule has 0 atom stereocenters. The van der Waals surface area contributed by atoms with Crippen LogP contribution in [0.3, 0.4) is 0 Å². The second kappa shape index (κ2) is 8.47. The first-order chi connectivity index (χ1) is 15.2. The molecule has 0 radical (unpaired) electrons. The van der Waals surface area contributed by atoms with E-state index in [0.717, 1.165) is 30.0 Å². The third-order valence-corrected chi connectivity index (χ3v) is 6.78. The summed E-state index contributed by atoms with van der Waals surface area (Å²) in [5.41, 5.74) is 6.32. The molecule has 0 aliphatic carbocycles. The Morgan fingerprint density at radius 2 is 1.84 bits per heavy atom. The van der Waals surface area contributed by atoms with Crippen LogP contribution in [0.2, 0.25) is 0 Å². The molecule has 156 valence electrons. The highest BCUT2D eigenvalue weighted by Gasteiger charge is 2.19. The Morgan fingerprint density at radius 3 is 2.71 bits per heavy atom. The largest absolute Gasteiger partial charge is 0.367 e. The van der Waals surface area contributed by atoms with Crippen molar-refractivity contribution in [2.75, 3.05) is 22.5 Å². The highest BCUT2D eigenvalue weighted by molar-refractivity contribution is 8.00. The van der Waals surface area contributed by atoms with Gasteiger partial charge < -0.3 is 15.5 Å². The predicted octanol–water partition coefficient (Wildman–Crippen LogP) is 4.22. The molecule has 0 saturated carbocycles. The van der Waals surface area contributed by atoms with Gasteiger partial charge in [-0.25, -0.2) is 0 Å². The van der Waals surface area contributed by atoms with Crippen LogP contribution >= 0.6 is 11.8 Å². The van der Waals surface area contributed by atoms with Crippen molar-refractivity contribution in [3.63, 3.8) is 0 Å². The summed E-state index contributed by atoms with van der Waals surface area (Å²) in [4.78, 5) is 27.6. The second-order valence-corrected chi connectivity index (χ2v) is 8.86. The predicted molar refractivity (Wildman–Crippen MR) is 125 cm³/mol. The topological polar surface area (TPSA) is 61.4 Å². The summed E-state index contributed by atoms with van der Waals surface area (Å²) in [6.45, 7) is 2.41. The lowest BCUT2D eigenvalue weighted by molar-refractivity contribution is -0.113. The zero-order chi connectivity index (χ0) is 21.2. The Hall–Kier alpha value is -3.25. The third-order valence-electron chi connectivity index (χ3n) is 5.71. The molecule has 0 bridgehead atoms.